The summed E-state index contributed by atoms with van der Waals surface area (Å²) in [5.41, 5.74) is 5.80. The average Bonchev–Trinajstić information content (AvgIpc) is 2.82. The molecule has 1 unspecified atom stereocenters. The molecule has 0 bridgehead atoms. The molecule has 0 radical (unpaired) electrons. The second kappa shape index (κ2) is 4.72. The third-order valence-electron chi connectivity index (χ3n) is 4.60. The number of alkyl halides is 3. The Hall–Kier alpha value is -1.11. The molecule has 3 rings (SSSR count). The van der Waals surface area contributed by atoms with Crippen LogP contribution >= 0.6 is 0 Å². The first kappa shape index (κ1) is 13.9. The van der Waals surface area contributed by atoms with Gasteiger partial charge in [-0.2, -0.15) is 13.2 Å². The molecule has 20 heavy (non-hydrogen) atoms. The maximum atomic E-state index is 12.9. The van der Waals surface area contributed by atoms with Crippen molar-refractivity contribution < 1.29 is 13.2 Å². The number of rotatable bonds is 1. The van der Waals surface area contributed by atoms with Gasteiger partial charge in [0.1, 0.15) is 5.82 Å². The van der Waals surface area contributed by atoms with E-state index in [1.165, 1.54) is 0 Å². The first-order chi connectivity index (χ1) is 9.40. The molecule has 1 aliphatic heterocycles. The number of hydrogen-bond acceptors (Lipinski definition) is 3. The van der Waals surface area contributed by atoms with E-state index in [9.17, 15) is 13.2 Å². The molecule has 0 amide bonds. The summed E-state index contributed by atoms with van der Waals surface area (Å²) in [5.74, 6) is -0.103. The van der Waals surface area contributed by atoms with Crippen molar-refractivity contribution in [2.75, 3.05) is 0 Å². The third-order valence-corrected chi connectivity index (χ3v) is 4.60. The zero-order valence-corrected chi connectivity index (χ0v) is 11.3. The lowest BCUT2D eigenvalue weighted by Crippen LogP contribution is -2.43. The Kier molecular flexibility index (Phi) is 3.27. The fourth-order valence-corrected chi connectivity index (χ4v) is 3.37. The van der Waals surface area contributed by atoms with Gasteiger partial charge in [0.05, 0.1) is 11.5 Å². The number of aryl methyl sites for hydroxylation is 1. The van der Waals surface area contributed by atoms with E-state index in [0.717, 1.165) is 32.1 Å². The van der Waals surface area contributed by atoms with Crippen LogP contribution < -0.4 is 5.73 Å². The highest BCUT2D eigenvalue weighted by molar-refractivity contribution is 5.12. The molecule has 1 saturated carbocycles. The fourth-order valence-electron chi connectivity index (χ4n) is 3.37. The first-order valence-corrected chi connectivity index (χ1v) is 7.18. The molecular formula is C13H19F3N4. The van der Waals surface area contributed by atoms with E-state index in [0.29, 0.717) is 18.1 Å². The Balaban J connectivity index is 1.91. The molecule has 1 atom stereocenters. The number of fused-ring (bicyclic) bond motifs is 1. The molecule has 1 aromatic rings. The van der Waals surface area contributed by atoms with Crippen molar-refractivity contribution in [3.63, 3.8) is 0 Å². The van der Waals surface area contributed by atoms with Crippen LogP contribution in [0.4, 0.5) is 13.2 Å². The predicted octanol–water partition coefficient (Wildman–Crippen LogP) is 2.52. The Morgan fingerprint density at radius 2 is 1.85 bits per heavy atom. The van der Waals surface area contributed by atoms with Gasteiger partial charge in [0.2, 0.25) is 0 Å². The van der Waals surface area contributed by atoms with Crippen molar-refractivity contribution in [2.24, 2.45) is 11.7 Å². The minimum atomic E-state index is -4.16. The maximum absolute atomic E-state index is 12.9. The van der Waals surface area contributed by atoms with Crippen LogP contribution in [0.2, 0.25) is 0 Å². The van der Waals surface area contributed by atoms with Gasteiger partial charge in [0.15, 0.2) is 5.82 Å². The molecule has 2 aliphatic rings. The summed E-state index contributed by atoms with van der Waals surface area (Å²) >= 11 is 0. The van der Waals surface area contributed by atoms with Crippen molar-refractivity contribution in [1.82, 2.24) is 14.8 Å². The molecular weight excluding hydrogens is 269 g/mol. The second-order valence-corrected chi connectivity index (χ2v) is 6.04. The van der Waals surface area contributed by atoms with E-state index in [4.69, 9.17) is 5.73 Å². The van der Waals surface area contributed by atoms with E-state index < -0.39 is 17.6 Å². The van der Waals surface area contributed by atoms with E-state index in [-0.39, 0.29) is 13.0 Å². The Morgan fingerprint density at radius 1 is 1.15 bits per heavy atom. The van der Waals surface area contributed by atoms with Crippen molar-refractivity contribution in [1.29, 1.82) is 0 Å². The number of nitrogens with zero attached hydrogens (tertiary/aromatic N) is 3. The molecule has 0 spiro atoms. The Morgan fingerprint density at radius 3 is 2.50 bits per heavy atom. The summed E-state index contributed by atoms with van der Waals surface area (Å²) in [7, 11) is 0. The molecule has 1 aromatic heterocycles. The summed E-state index contributed by atoms with van der Waals surface area (Å²) in [6.07, 6.45) is 0.956. The molecule has 2 heterocycles. The molecule has 2 N–H and O–H groups in total. The topological polar surface area (TPSA) is 56.7 Å². The van der Waals surface area contributed by atoms with E-state index >= 15 is 0 Å². The lowest BCUT2D eigenvalue weighted by molar-refractivity contribution is -0.182. The van der Waals surface area contributed by atoms with Gasteiger partial charge in [-0.05, 0) is 19.3 Å². The van der Waals surface area contributed by atoms with Crippen molar-refractivity contribution in [3.05, 3.63) is 11.6 Å². The van der Waals surface area contributed by atoms with Crippen LogP contribution in [0, 0.1) is 5.92 Å². The summed E-state index contributed by atoms with van der Waals surface area (Å²) in [4.78, 5) is 0. The summed E-state index contributed by atoms with van der Waals surface area (Å²) < 4.78 is 40.4. The highest BCUT2D eigenvalue weighted by atomic mass is 19.4. The number of hydrogen-bond donors (Lipinski definition) is 1. The normalized spacial score (nSPS) is 26.3. The highest BCUT2D eigenvalue weighted by Crippen LogP contribution is 2.38. The van der Waals surface area contributed by atoms with Crippen LogP contribution in [-0.4, -0.2) is 20.9 Å². The van der Waals surface area contributed by atoms with Crippen LogP contribution in [0.5, 0.6) is 0 Å². The van der Waals surface area contributed by atoms with Gasteiger partial charge >= 0.3 is 6.18 Å². The Labute approximate surface area is 115 Å². The molecule has 0 saturated heterocycles. The predicted molar refractivity (Wildman–Crippen MR) is 66.8 cm³/mol. The lowest BCUT2D eigenvalue weighted by atomic mass is 9.81. The highest BCUT2D eigenvalue weighted by Gasteiger charge is 2.44. The second-order valence-electron chi connectivity index (χ2n) is 6.04. The van der Waals surface area contributed by atoms with Gasteiger partial charge in [0, 0.05) is 13.0 Å². The van der Waals surface area contributed by atoms with Crippen molar-refractivity contribution >= 4 is 0 Å². The monoisotopic (exact) mass is 288 g/mol. The van der Waals surface area contributed by atoms with E-state index in [1.54, 1.807) is 4.57 Å². The molecule has 112 valence electrons. The van der Waals surface area contributed by atoms with Gasteiger partial charge < -0.3 is 10.3 Å². The van der Waals surface area contributed by atoms with Gasteiger partial charge in [-0.15, -0.1) is 10.2 Å². The van der Waals surface area contributed by atoms with E-state index in [2.05, 4.69) is 10.2 Å². The molecule has 7 heteroatoms. The number of aromatic nitrogens is 3. The summed E-state index contributed by atoms with van der Waals surface area (Å²) in [6.45, 7) is -0.0832. The van der Waals surface area contributed by atoms with Crippen LogP contribution in [0.1, 0.15) is 50.2 Å². The maximum Gasteiger partial charge on any atom is 0.393 e. The van der Waals surface area contributed by atoms with Crippen LogP contribution in [0.3, 0.4) is 0 Å². The van der Waals surface area contributed by atoms with Crippen LogP contribution in [-0.2, 0) is 18.5 Å². The number of nitrogens with two attached hydrogens (primary N) is 1. The SMILES string of the molecule is NC1(c2nnc3n2CC(C(F)(F)F)CC3)CCCCC1. The van der Waals surface area contributed by atoms with Crippen molar-refractivity contribution in [2.45, 2.75) is 63.2 Å². The summed E-state index contributed by atoms with van der Waals surface area (Å²) in [5, 5.41) is 8.19. The zero-order chi connectivity index (χ0) is 14.4. The van der Waals surface area contributed by atoms with Crippen LogP contribution in [0.25, 0.3) is 0 Å². The minimum Gasteiger partial charge on any atom is -0.319 e. The Bertz CT molecular complexity index is 488. The fraction of sp³-hybridized carbons (Fsp3) is 0.846. The zero-order valence-electron chi connectivity index (χ0n) is 11.3. The van der Waals surface area contributed by atoms with Gasteiger partial charge in [-0.25, -0.2) is 0 Å². The average molecular weight is 288 g/mol. The van der Waals surface area contributed by atoms with Crippen LogP contribution in [0.15, 0.2) is 0 Å². The van der Waals surface area contributed by atoms with Gasteiger partial charge in [0.25, 0.3) is 0 Å². The quantitative estimate of drug-likeness (QED) is 0.864. The smallest absolute Gasteiger partial charge is 0.319 e. The molecule has 1 aliphatic carbocycles. The van der Waals surface area contributed by atoms with Gasteiger partial charge in [-0.3, -0.25) is 0 Å². The molecule has 4 nitrogen and oxygen atoms in total. The minimum absolute atomic E-state index is 0.0832. The molecule has 0 aromatic carbocycles. The first-order valence-electron chi connectivity index (χ1n) is 7.18. The van der Waals surface area contributed by atoms with Crippen molar-refractivity contribution in [3.8, 4) is 0 Å². The number of halogens is 3. The largest absolute Gasteiger partial charge is 0.393 e. The summed E-state index contributed by atoms with van der Waals surface area (Å²) in [6, 6.07) is 0. The van der Waals surface area contributed by atoms with Gasteiger partial charge in [-0.1, -0.05) is 19.3 Å². The lowest BCUT2D eigenvalue weighted by Gasteiger charge is -2.34. The standard InChI is InChI=1S/C13H19F3N4/c14-13(15,16)9-4-5-10-18-19-11(20(10)8-9)12(17)6-2-1-3-7-12/h9H,1-8,17H2. The molecule has 1 fully saturated rings. The third kappa shape index (κ3) is 2.32. The van der Waals surface area contributed by atoms with E-state index in [1.807, 2.05) is 0 Å².